The molecule has 0 aliphatic carbocycles. The molecule has 82 valence electrons. The molecule has 0 bridgehead atoms. The maximum absolute atomic E-state index is 4.27. The van der Waals surface area contributed by atoms with Gasteiger partial charge in [-0.15, -0.1) is 0 Å². The van der Waals surface area contributed by atoms with Crippen LogP contribution in [0.5, 0.6) is 0 Å². The molecule has 2 nitrogen and oxygen atoms in total. The van der Waals surface area contributed by atoms with Crippen molar-refractivity contribution in [3.05, 3.63) is 46.5 Å². The summed E-state index contributed by atoms with van der Waals surface area (Å²) in [6.45, 7) is 3.96. The van der Waals surface area contributed by atoms with Crippen LogP contribution in [0.1, 0.15) is 11.4 Å². The Morgan fingerprint density at radius 3 is 2.44 bits per heavy atom. The molecule has 2 rings (SSSR count). The predicted octanol–water partition coefficient (Wildman–Crippen LogP) is 4.01. The fourth-order valence-electron chi connectivity index (χ4n) is 1.23. The molecule has 0 aliphatic rings. The lowest BCUT2D eigenvalue weighted by atomic mass is 10.2. The lowest BCUT2D eigenvalue weighted by Gasteiger charge is -2.04. The van der Waals surface area contributed by atoms with Gasteiger partial charge >= 0.3 is 0 Å². The van der Waals surface area contributed by atoms with Gasteiger partial charge in [0.25, 0.3) is 0 Å². The molecule has 0 aliphatic heterocycles. The average Bonchev–Trinajstić information content (AvgIpc) is 2.25. The van der Waals surface area contributed by atoms with Gasteiger partial charge in [-0.1, -0.05) is 29.5 Å². The Kier molecular flexibility index (Phi) is 3.61. The second-order valence-corrected chi connectivity index (χ2v) is 5.35. The van der Waals surface area contributed by atoms with Crippen molar-refractivity contribution in [1.29, 1.82) is 0 Å². The summed E-state index contributed by atoms with van der Waals surface area (Å²) in [7, 11) is 0. The first-order valence-corrected chi connectivity index (χ1v) is 6.50. The van der Waals surface area contributed by atoms with Gasteiger partial charge in [0, 0.05) is 11.1 Å². The third-order valence-electron chi connectivity index (χ3n) is 2.08. The number of aryl methyl sites for hydroxylation is 2. The zero-order valence-electron chi connectivity index (χ0n) is 9.07. The fourth-order valence-corrected chi connectivity index (χ4v) is 2.60. The summed E-state index contributed by atoms with van der Waals surface area (Å²) in [5.74, 6) is 0.778. The summed E-state index contributed by atoms with van der Waals surface area (Å²) < 4.78 is 0.852. The highest BCUT2D eigenvalue weighted by atomic mass is 79.9. The summed E-state index contributed by atoms with van der Waals surface area (Å²) >= 11 is 5.11. The van der Waals surface area contributed by atoms with Crippen LogP contribution in [-0.4, -0.2) is 9.97 Å². The van der Waals surface area contributed by atoms with E-state index in [-0.39, 0.29) is 0 Å². The SMILES string of the molecule is Cc1ccc(Sc2cnc(C)nc2Br)cc1. The highest BCUT2D eigenvalue weighted by Gasteiger charge is 2.04. The van der Waals surface area contributed by atoms with Gasteiger partial charge in [0.05, 0.1) is 4.90 Å². The maximum Gasteiger partial charge on any atom is 0.126 e. The minimum atomic E-state index is 0.778. The first-order chi connectivity index (χ1) is 7.65. The molecule has 1 aromatic carbocycles. The Labute approximate surface area is 108 Å². The lowest BCUT2D eigenvalue weighted by molar-refractivity contribution is 0.982. The van der Waals surface area contributed by atoms with Crippen LogP contribution in [0.3, 0.4) is 0 Å². The van der Waals surface area contributed by atoms with Gasteiger partial charge in [0.1, 0.15) is 10.4 Å². The summed E-state index contributed by atoms with van der Waals surface area (Å²) in [6, 6.07) is 8.41. The number of hydrogen-bond donors (Lipinski definition) is 0. The third kappa shape index (κ3) is 2.83. The van der Waals surface area contributed by atoms with Crippen LogP contribution in [0.2, 0.25) is 0 Å². The Morgan fingerprint density at radius 1 is 1.12 bits per heavy atom. The second kappa shape index (κ2) is 4.97. The van der Waals surface area contributed by atoms with E-state index in [1.807, 2.05) is 13.1 Å². The lowest BCUT2D eigenvalue weighted by Crippen LogP contribution is -1.89. The molecule has 0 radical (unpaired) electrons. The molecule has 0 fully saturated rings. The molecule has 0 N–H and O–H groups in total. The molecular weight excluding hydrogens is 284 g/mol. The molecule has 0 unspecified atom stereocenters. The molecule has 0 spiro atoms. The van der Waals surface area contributed by atoms with Crippen molar-refractivity contribution in [3.63, 3.8) is 0 Å². The average molecular weight is 295 g/mol. The van der Waals surface area contributed by atoms with Crippen molar-refractivity contribution in [2.45, 2.75) is 23.6 Å². The van der Waals surface area contributed by atoms with Crippen molar-refractivity contribution in [1.82, 2.24) is 9.97 Å². The first kappa shape index (κ1) is 11.6. The van der Waals surface area contributed by atoms with Gasteiger partial charge in [-0.25, -0.2) is 9.97 Å². The van der Waals surface area contributed by atoms with Crippen molar-refractivity contribution in [3.8, 4) is 0 Å². The monoisotopic (exact) mass is 294 g/mol. The van der Waals surface area contributed by atoms with E-state index in [4.69, 9.17) is 0 Å². The molecule has 1 heterocycles. The van der Waals surface area contributed by atoms with Gasteiger partial charge < -0.3 is 0 Å². The van der Waals surface area contributed by atoms with Crippen LogP contribution >= 0.6 is 27.7 Å². The highest BCUT2D eigenvalue weighted by molar-refractivity contribution is 9.10. The van der Waals surface area contributed by atoms with Crippen molar-refractivity contribution < 1.29 is 0 Å². The summed E-state index contributed by atoms with van der Waals surface area (Å²) in [4.78, 5) is 10.7. The van der Waals surface area contributed by atoms with E-state index < -0.39 is 0 Å². The number of rotatable bonds is 2. The summed E-state index contributed by atoms with van der Waals surface area (Å²) in [5.41, 5.74) is 1.27. The molecule has 1 aromatic heterocycles. The topological polar surface area (TPSA) is 25.8 Å². The maximum atomic E-state index is 4.27. The van der Waals surface area contributed by atoms with Crippen LogP contribution in [0, 0.1) is 13.8 Å². The summed E-state index contributed by atoms with van der Waals surface area (Å²) in [5, 5.41) is 0. The third-order valence-corrected chi connectivity index (χ3v) is 3.97. The first-order valence-electron chi connectivity index (χ1n) is 4.89. The highest BCUT2D eigenvalue weighted by Crippen LogP contribution is 2.31. The summed E-state index contributed by atoms with van der Waals surface area (Å²) in [6.07, 6.45) is 1.84. The number of benzene rings is 1. The minimum Gasteiger partial charge on any atom is -0.240 e. The fraction of sp³-hybridized carbons (Fsp3) is 0.167. The van der Waals surface area contributed by atoms with Crippen LogP contribution in [0.15, 0.2) is 44.9 Å². The largest absolute Gasteiger partial charge is 0.240 e. The van der Waals surface area contributed by atoms with E-state index >= 15 is 0 Å². The van der Waals surface area contributed by atoms with E-state index in [9.17, 15) is 0 Å². The molecule has 2 aromatic rings. The smallest absolute Gasteiger partial charge is 0.126 e. The standard InChI is InChI=1S/C12H11BrN2S/c1-8-3-5-10(6-4-8)16-11-7-14-9(2)15-12(11)13/h3-7H,1-2H3. The van der Waals surface area contributed by atoms with Crippen LogP contribution < -0.4 is 0 Å². The Hall–Kier alpha value is -0.870. The molecule has 4 heteroatoms. The number of hydrogen-bond acceptors (Lipinski definition) is 3. The van der Waals surface area contributed by atoms with Crippen molar-refractivity contribution in [2.75, 3.05) is 0 Å². The second-order valence-electron chi connectivity index (χ2n) is 3.49. The van der Waals surface area contributed by atoms with Gasteiger partial charge in [0.15, 0.2) is 0 Å². The van der Waals surface area contributed by atoms with Gasteiger partial charge in [-0.3, -0.25) is 0 Å². The van der Waals surface area contributed by atoms with Crippen LogP contribution in [0.25, 0.3) is 0 Å². The van der Waals surface area contributed by atoms with E-state index in [2.05, 4.69) is 57.1 Å². The number of halogens is 1. The van der Waals surface area contributed by atoms with Gasteiger partial charge in [-0.05, 0) is 41.9 Å². The van der Waals surface area contributed by atoms with Crippen LogP contribution in [0.4, 0.5) is 0 Å². The Balaban J connectivity index is 2.23. The number of nitrogens with zero attached hydrogens (tertiary/aromatic N) is 2. The zero-order valence-corrected chi connectivity index (χ0v) is 11.5. The van der Waals surface area contributed by atoms with E-state index in [1.165, 1.54) is 10.5 Å². The van der Waals surface area contributed by atoms with E-state index in [1.54, 1.807) is 11.8 Å². The molecular formula is C12H11BrN2S. The van der Waals surface area contributed by atoms with Gasteiger partial charge in [0.2, 0.25) is 0 Å². The van der Waals surface area contributed by atoms with Crippen LogP contribution in [-0.2, 0) is 0 Å². The zero-order chi connectivity index (χ0) is 11.5. The molecule has 0 atom stereocenters. The Bertz CT molecular complexity index is 497. The minimum absolute atomic E-state index is 0.778. The van der Waals surface area contributed by atoms with Gasteiger partial charge in [-0.2, -0.15) is 0 Å². The molecule has 0 saturated heterocycles. The quantitative estimate of drug-likeness (QED) is 0.783. The normalized spacial score (nSPS) is 10.4. The predicted molar refractivity (Wildman–Crippen MR) is 69.8 cm³/mol. The van der Waals surface area contributed by atoms with Crippen molar-refractivity contribution >= 4 is 27.7 Å². The molecule has 0 saturated carbocycles. The van der Waals surface area contributed by atoms with E-state index in [0.717, 1.165) is 15.3 Å². The van der Waals surface area contributed by atoms with E-state index in [0.29, 0.717) is 0 Å². The molecule has 0 amide bonds. The number of aromatic nitrogens is 2. The molecule has 16 heavy (non-hydrogen) atoms. The van der Waals surface area contributed by atoms with Crippen molar-refractivity contribution in [2.24, 2.45) is 0 Å². The Morgan fingerprint density at radius 2 is 1.81 bits per heavy atom.